The highest BCUT2D eigenvalue weighted by Crippen LogP contribution is 2.33. The molecule has 0 amide bonds. The molecule has 0 aliphatic heterocycles. The Hall–Kier alpha value is -1.59. The predicted octanol–water partition coefficient (Wildman–Crippen LogP) is 4.43. The monoisotopic (exact) mass is 324 g/mol. The number of fused-ring (bicyclic) bond motifs is 1. The van der Waals surface area contributed by atoms with Crippen molar-refractivity contribution in [3.63, 3.8) is 0 Å². The maximum Gasteiger partial charge on any atom is 0.152 e. The van der Waals surface area contributed by atoms with Crippen molar-refractivity contribution in [3.05, 3.63) is 69.7 Å². The Balaban J connectivity index is 2.13. The SMILES string of the molecule is NNC(c1cc2cccc(Cl)c2o1)c1cc(Cl)ccc1F. The fourth-order valence-corrected chi connectivity index (χ4v) is 2.65. The number of hydrogen-bond donors (Lipinski definition) is 2. The van der Waals surface area contributed by atoms with Gasteiger partial charge in [0.05, 0.1) is 5.02 Å². The fraction of sp³-hybridized carbons (Fsp3) is 0.0667. The lowest BCUT2D eigenvalue weighted by molar-refractivity contribution is 0.463. The standard InChI is InChI=1S/C15H11Cl2FN2O/c16-9-4-5-12(18)10(7-9)14(20-19)13-6-8-2-1-3-11(17)15(8)21-13/h1-7,14,20H,19H2. The lowest BCUT2D eigenvalue weighted by Gasteiger charge is -2.14. The highest BCUT2D eigenvalue weighted by atomic mass is 35.5. The first-order valence-electron chi connectivity index (χ1n) is 6.19. The number of hydrazine groups is 1. The minimum atomic E-state index is -0.660. The average Bonchev–Trinajstić information content (AvgIpc) is 2.89. The molecule has 1 heterocycles. The fourth-order valence-electron chi connectivity index (χ4n) is 2.25. The molecule has 0 aliphatic rings. The van der Waals surface area contributed by atoms with E-state index < -0.39 is 11.9 Å². The number of halogens is 3. The van der Waals surface area contributed by atoms with Crippen LogP contribution in [-0.4, -0.2) is 0 Å². The molecule has 1 atom stereocenters. The lowest BCUT2D eigenvalue weighted by Crippen LogP contribution is -2.29. The van der Waals surface area contributed by atoms with E-state index in [1.54, 1.807) is 12.1 Å². The van der Waals surface area contributed by atoms with Gasteiger partial charge in [0.25, 0.3) is 0 Å². The van der Waals surface area contributed by atoms with Crippen LogP contribution in [-0.2, 0) is 0 Å². The molecule has 0 aliphatic carbocycles. The number of para-hydroxylation sites is 1. The van der Waals surface area contributed by atoms with Crippen LogP contribution >= 0.6 is 23.2 Å². The molecule has 0 radical (unpaired) electrons. The topological polar surface area (TPSA) is 51.2 Å². The summed E-state index contributed by atoms with van der Waals surface area (Å²) >= 11 is 12.0. The van der Waals surface area contributed by atoms with Gasteiger partial charge in [0.1, 0.15) is 17.6 Å². The van der Waals surface area contributed by atoms with Gasteiger partial charge in [0.2, 0.25) is 0 Å². The zero-order valence-electron chi connectivity index (χ0n) is 10.7. The Morgan fingerprint density at radius 3 is 2.67 bits per heavy atom. The normalized spacial score (nSPS) is 12.8. The van der Waals surface area contributed by atoms with Crippen molar-refractivity contribution in [1.29, 1.82) is 0 Å². The summed E-state index contributed by atoms with van der Waals surface area (Å²) in [5.41, 5.74) is 3.39. The molecule has 0 spiro atoms. The van der Waals surface area contributed by atoms with Gasteiger partial charge in [-0.2, -0.15) is 0 Å². The Morgan fingerprint density at radius 2 is 1.95 bits per heavy atom. The highest BCUT2D eigenvalue weighted by Gasteiger charge is 2.21. The van der Waals surface area contributed by atoms with Gasteiger partial charge >= 0.3 is 0 Å². The number of benzene rings is 2. The second kappa shape index (κ2) is 5.66. The van der Waals surface area contributed by atoms with Crippen LogP contribution in [0.2, 0.25) is 10.0 Å². The zero-order valence-corrected chi connectivity index (χ0v) is 12.3. The van der Waals surface area contributed by atoms with Gasteiger partial charge in [-0.3, -0.25) is 5.84 Å². The predicted molar refractivity (Wildman–Crippen MR) is 81.8 cm³/mol. The minimum absolute atomic E-state index is 0.306. The summed E-state index contributed by atoms with van der Waals surface area (Å²) in [5, 5.41) is 1.72. The second-order valence-electron chi connectivity index (χ2n) is 4.57. The molecule has 1 aromatic heterocycles. The molecule has 0 fully saturated rings. The summed E-state index contributed by atoms with van der Waals surface area (Å²) in [4.78, 5) is 0. The van der Waals surface area contributed by atoms with E-state index in [-0.39, 0.29) is 0 Å². The van der Waals surface area contributed by atoms with Crippen LogP contribution in [0.4, 0.5) is 4.39 Å². The van der Waals surface area contributed by atoms with Gasteiger partial charge in [-0.1, -0.05) is 35.3 Å². The van der Waals surface area contributed by atoms with Crippen molar-refractivity contribution >= 4 is 34.2 Å². The summed E-state index contributed by atoms with van der Waals surface area (Å²) in [6.45, 7) is 0. The van der Waals surface area contributed by atoms with Crippen molar-refractivity contribution in [2.45, 2.75) is 6.04 Å². The second-order valence-corrected chi connectivity index (χ2v) is 5.42. The number of hydrogen-bond acceptors (Lipinski definition) is 3. The van der Waals surface area contributed by atoms with Gasteiger partial charge in [-0.15, -0.1) is 0 Å². The molecule has 2 aromatic carbocycles. The van der Waals surface area contributed by atoms with Crippen molar-refractivity contribution in [2.75, 3.05) is 0 Å². The van der Waals surface area contributed by atoms with Crippen LogP contribution in [0.15, 0.2) is 46.9 Å². The molecule has 3 aromatic rings. The summed E-state index contributed by atoms with van der Waals surface area (Å²) < 4.78 is 19.7. The molecule has 0 saturated heterocycles. The smallest absolute Gasteiger partial charge is 0.152 e. The van der Waals surface area contributed by atoms with Gasteiger partial charge in [0, 0.05) is 16.0 Å². The molecule has 1 unspecified atom stereocenters. The van der Waals surface area contributed by atoms with Crippen molar-refractivity contribution in [1.82, 2.24) is 5.43 Å². The van der Waals surface area contributed by atoms with E-state index in [0.717, 1.165) is 5.39 Å². The molecule has 0 bridgehead atoms. The van der Waals surface area contributed by atoms with Crippen LogP contribution in [0.1, 0.15) is 17.4 Å². The van der Waals surface area contributed by atoms with Crippen molar-refractivity contribution in [3.8, 4) is 0 Å². The van der Waals surface area contributed by atoms with Gasteiger partial charge in [0.15, 0.2) is 5.58 Å². The van der Waals surface area contributed by atoms with E-state index in [9.17, 15) is 4.39 Å². The third kappa shape index (κ3) is 2.63. The molecule has 6 heteroatoms. The largest absolute Gasteiger partial charge is 0.457 e. The van der Waals surface area contributed by atoms with E-state index in [0.29, 0.717) is 27.0 Å². The molecular formula is C15H11Cl2FN2O. The molecule has 21 heavy (non-hydrogen) atoms. The first-order valence-corrected chi connectivity index (χ1v) is 6.95. The number of rotatable bonds is 3. The van der Waals surface area contributed by atoms with Crippen LogP contribution in [0.5, 0.6) is 0 Å². The summed E-state index contributed by atoms with van der Waals surface area (Å²) in [6, 6.07) is 10.8. The number of nitrogens with two attached hydrogens (primary N) is 1. The zero-order chi connectivity index (χ0) is 15.0. The first kappa shape index (κ1) is 14.4. The van der Waals surface area contributed by atoms with E-state index in [4.69, 9.17) is 33.5 Å². The average molecular weight is 325 g/mol. The molecule has 3 N–H and O–H groups in total. The Morgan fingerprint density at radius 1 is 1.14 bits per heavy atom. The van der Waals surface area contributed by atoms with E-state index in [1.807, 2.05) is 12.1 Å². The van der Waals surface area contributed by atoms with Gasteiger partial charge < -0.3 is 4.42 Å². The molecular weight excluding hydrogens is 314 g/mol. The third-order valence-corrected chi connectivity index (χ3v) is 3.77. The van der Waals surface area contributed by atoms with Gasteiger partial charge in [-0.25, -0.2) is 9.82 Å². The van der Waals surface area contributed by atoms with Crippen molar-refractivity contribution in [2.24, 2.45) is 5.84 Å². The van der Waals surface area contributed by atoms with E-state index in [1.165, 1.54) is 18.2 Å². The number of furan rings is 1. The Kier molecular flexibility index (Phi) is 3.87. The third-order valence-electron chi connectivity index (χ3n) is 3.24. The quantitative estimate of drug-likeness (QED) is 0.553. The van der Waals surface area contributed by atoms with Crippen LogP contribution in [0, 0.1) is 5.82 Å². The number of nitrogens with one attached hydrogen (secondary N) is 1. The van der Waals surface area contributed by atoms with Crippen LogP contribution in [0.25, 0.3) is 11.0 Å². The maximum absolute atomic E-state index is 14.0. The van der Waals surface area contributed by atoms with Crippen LogP contribution < -0.4 is 11.3 Å². The first-order chi connectivity index (χ1) is 10.1. The minimum Gasteiger partial charge on any atom is -0.457 e. The maximum atomic E-state index is 14.0. The summed E-state index contributed by atoms with van der Waals surface area (Å²) in [6.07, 6.45) is 0. The summed E-state index contributed by atoms with van der Waals surface area (Å²) in [7, 11) is 0. The molecule has 3 rings (SSSR count). The Bertz CT molecular complexity index is 803. The van der Waals surface area contributed by atoms with Crippen molar-refractivity contribution < 1.29 is 8.81 Å². The lowest BCUT2D eigenvalue weighted by atomic mass is 10.0. The molecule has 0 saturated carbocycles. The molecule has 3 nitrogen and oxygen atoms in total. The summed E-state index contributed by atoms with van der Waals surface area (Å²) in [5.74, 6) is 5.60. The molecule has 108 valence electrons. The van der Waals surface area contributed by atoms with Crippen LogP contribution in [0.3, 0.4) is 0 Å². The van der Waals surface area contributed by atoms with E-state index in [2.05, 4.69) is 5.43 Å². The van der Waals surface area contributed by atoms with Gasteiger partial charge in [-0.05, 0) is 30.3 Å². The van der Waals surface area contributed by atoms with E-state index >= 15 is 0 Å². The highest BCUT2D eigenvalue weighted by molar-refractivity contribution is 6.34. The Labute approximate surface area is 130 Å².